The van der Waals surface area contributed by atoms with Crippen LogP contribution in [0.5, 0.6) is 0 Å². The number of aromatic nitrogens is 2. The van der Waals surface area contributed by atoms with Crippen molar-refractivity contribution in [2.45, 2.75) is 58.7 Å². The zero-order chi connectivity index (χ0) is 19.6. The summed E-state index contributed by atoms with van der Waals surface area (Å²) in [6.07, 6.45) is 3.56. The maximum absolute atomic E-state index is 13.6. The molecule has 1 fully saturated rings. The maximum atomic E-state index is 13.6. The van der Waals surface area contributed by atoms with Crippen LogP contribution in [0, 0.1) is 13.8 Å². The van der Waals surface area contributed by atoms with E-state index in [0.29, 0.717) is 12.6 Å². The molecule has 1 amide bonds. The van der Waals surface area contributed by atoms with Gasteiger partial charge >= 0.3 is 0 Å². The summed E-state index contributed by atoms with van der Waals surface area (Å²) in [6.45, 7) is 7.90. The van der Waals surface area contributed by atoms with Gasteiger partial charge in [0.15, 0.2) is 0 Å². The standard InChI is InChI=1S/C22H32N4O/c1-16-11-9-10-14-26(16)21(19-12-7-6-8-13-19)22(27)24(4)15-20-17(2)23-25(5)18(20)3/h6-8,12-13,16,21H,9-11,14-15H2,1-5H3/t16-,21-/m1/s1. The second-order valence-electron chi connectivity index (χ2n) is 7.86. The molecule has 0 spiro atoms. The molecule has 2 atom stereocenters. The Labute approximate surface area is 163 Å². The van der Waals surface area contributed by atoms with E-state index < -0.39 is 0 Å². The van der Waals surface area contributed by atoms with Crippen molar-refractivity contribution in [3.8, 4) is 0 Å². The molecule has 5 nitrogen and oxygen atoms in total. The number of likely N-dealkylation sites (N-methyl/N-ethyl adjacent to an activating group) is 1. The Kier molecular flexibility index (Phi) is 6.00. The topological polar surface area (TPSA) is 41.4 Å². The summed E-state index contributed by atoms with van der Waals surface area (Å²) in [5, 5.41) is 4.50. The predicted molar refractivity (Wildman–Crippen MR) is 108 cm³/mol. The van der Waals surface area contributed by atoms with E-state index >= 15 is 0 Å². The van der Waals surface area contributed by atoms with Gasteiger partial charge in [-0.15, -0.1) is 0 Å². The van der Waals surface area contributed by atoms with E-state index in [0.717, 1.165) is 41.9 Å². The molecule has 1 saturated heterocycles. The fourth-order valence-electron chi connectivity index (χ4n) is 4.19. The minimum absolute atomic E-state index is 0.164. The first-order valence-electron chi connectivity index (χ1n) is 9.95. The number of hydrogen-bond donors (Lipinski definition) is 0. The lowest BCUT2D eigenvalue weighted by Crippen LogP contribution is -2.47. The molecule has 1 aromatic carbocycles. The van der Waals surface area contributed by atoms with Crippen LogP contribution in [0.3, 0.4) is 0 Å². The summed E-state index contributed by atoms with van der Waals surface area (Å²) in [5.74, 6) is 0.164. The highest BCUT2D eigenvalue weighted by molar-refractivity contribution is 5.83. The van der Waals surface area contributed by atoms with Crippen molar-refractivity contribution in [1.82, 2.24) is 19.6 Å². The molecular formula is C22H32N4O. The Hall–Kier alpha value is -2.14. The Morgan fingerprint density at radius 2 is 1.96 bits per heavy atom. The van der Waals surface area contributed by atoms with Gasteiger partial charge in [0.1, 0.15) is 6.04 Å². The molecule has 0 aliphatic carbocycles. The zero-order valence-corrected chi connectivity index (χ0v) is 17.3. The third kappa shape index (κ3) is 4.08. The number of nitrogens with zero attached hydrogens (tertiary/aromatic N) is 4. The van der Waals surface area contributed by atoms with Gasteiger partial charge in [-0.2, -0.15) is 5.10 Å². The molecular weight excluding hydrogens is 336 g/mol. The van der Waals surface area contributed by atoms with Crippen LogP contribution in [0.15, 0.2) is 30.3 Å². The van der Waals surface area contributed by atoms with Crippen molar-refractivity contribution in [2.24, 2.45) is 7.05 Å². The van der Waals surface area contributed by atoms with E-state index in [-0.39, 0.29) is 11.9 Å². The molecule has 1 aliphatic rings. The second kappa shape index (κ2) is 8.26. The van der Waals surface area contributed by atoms with Crippen molar-refractivity contribution in [1.29, 1.82) is 0 Å². The van der Waals surface area contributed by atoms with Gasteiger partial charge in [0.05, 0.1) is 5.69 Å². The maximum Gasteiger partial charge on any atom is 0.244 e. The smallest absolute Gasteiger partial charge is 0.244 e. The SMILES string of the molecule is Cc1nn(C)c(C)c1CN(C)C(=O)[C@@H](c1ccccc1)N1CCCC[C@H]1C. The van der Waals surface area contributed by atoms with Gasteiger partial charge in [0.25, 0.3) is 0 Å². The van der Waals surface area contributed by atoms with Crippen LogP contribution in [0.4, 0.5) is 0 Å². The molecule has 2 heterocycles. The van der Waals surface area contributed by atoms with E-state index in [1.165, 1.54) is 6.42 Å². The average Bonchev–Trinajstić information content (AvgIpc) is 2.90. The number of piperidine rings is 1. The minimum Gasteiger partial charge on any atom is -0.340 e. The lowest BCUT2D eigenvalue weighted by atomic mass is 9.96. The number of hydrogen-bond acceptors (Lipinski definition) is 3. The Morgan fingerprint density at radius 1 is 1.26 bits per heavy atom. The quantitative estimate of drug-likeness (QED) is 0.809. The summed E-state index contributed by atoms with van der Waals surface area (Å²) < 4.78 is 1.89. The molecule has 1 aliphatic heterocycles. The van der Waals surface area contributed by atoms with Gasteiger partial charge in [-0.1, -0.05) is 36.8 Å². The van der Waals surface area contributed by atoms with Crippen molar-refractivity contribution in [3.63, 3.8) is 0 Å². The van der Waals surface area contributed by atoms with Gasteiger partial charge in [-0.25, -0.2) is 0 Å². The Morgan fingerprint density at radius 3 is 2.56 bits per heavy atom. The number of amides is 1. The van der Waals surface area contributed by atoms with Crippen LogP contribution in [-0.4, -0.2) is 45.1 Å². The lowest BCUT2D eigenvalue weighted by Gasteiger charge is -2.40. The molecule has 0 saturated carbocycles. The normalized spacial score (nSPS) is 19.1. The first-order valence-corrected chi connectivity index (χ1v) is 9.95. The van der Waals surface area contributed by atoms with Crippen molar-refractivity contribution in [2.75, 3.05) is 13.6 Å². The van der Waals surface area contributed by atoms with Crippen molar-refractivity contribution < 1.29 is 4.79 Å². The minimum atomic E-state index is -0.219. The summed E-state index contributed by atoms with van der Waals surface area (Å²) in [5.41, 5.74) is 4.35. The van der Waals surface area contributed by atoms with Gasteiger partial charge in [-0.3, -0.25) is 14.4 Å². The number of aryl methyl sites for hydroxylation is 2. The highest BCUT2D eigenvalue weighted by atomic mass is 16.2. The molecule has 146 valence electrons. The fourth-order valence-corrected chi connectivity index (χ4v) is 4.19. The molecule has 3 rings (SSSR count). The molecule has 0 bridgehead atoms. The van der Waals surface area contributed by atoms with Crippen molar-refractivity contribution in [3.05, 3.63) is 52.8 Å². The summed E-state index contributed by atoms with van der Waals surface area (Å²) in [6, 6.07) is 10.4. The molecule has 0 N–H and O–H groups in total. The molecule has 1 aromatic heterocycles. The summed E-state index contributed by atoms with van der Waals surface area (Å²) in [7, 11) is 3.87. The predicted octanol–water partition coefficient (Wildman–Crippen LogP) is 3.61. The van der Waals surface area contributed by atoms with Crippen LogP contribution in [0.2, 0.25) is 0 Å². The van der Waals surface area contributed by atoms with E-state index in [2.05, 4.69) is 36.0 Å². The first kappa shape index (κ1) is 19.6. The number of carbonyl (C=O) groups excluding carboxylic acids is 1. The summed E-state index contributed by atoms with van der Waals surface area (Å²) >= 11 is 0. The molecule has 27 heavy (non-hydrogen) atoms. The number of carbonyl (C=O) groups is 1. The Bertz CT molecular complexity index is 783. The first-order chi connectivity index (χ1) is 12.9. The van der Waals surface area contributed by atoms with Crippen LogP contribution in [-0.2, 0) is 18.4 Å². The van der Waals surface area contributed by atoms with Crippen molar-refractivity contribution >= 4 is 5.91 Å². The van der Waals surface area contributed by atoms with Gasteiger partial charge < -0.3 is 4.90 Å². The van der Waals surface area contributed by atoms with Crippen LogP contribution >= 0.6 is 0 Å². The number of benzene rings is 1. The molecule has 0 unspecified atom stereocenters. The van der Waals surface area contributed by atoms with E-state index in [1.54, 1.807) is 0 Å². The monoisotopic (exact) mass is 368 g/mol. The van der Waals surface area contributed by atoms with Crippen LogP contribution in [0.1, 0.15) is 54.7 Å². The van der Waals surface area contributed by atoms with E-state index in [4.69, 9.17) is 0 Å². The third-order valence-electron chi connectivity index (χ3n) is 5.97. The fraction of sp³-hybridized carbons (Fsp3) is 0.545. The third-order valence-corrected chi connectivity index (χ3v) is 5.97. The average molecular weight is 369 g/mol. The largest absolute Gasteiger partial charge is 0.340 e. The zero-order valence-electron chi connectivity index (χ0n) is 17.3. The lowest BCUT2D eigenvalue weighted by molar-refractivity contribution is -0.138. The van der Waals surface area contributed by atoms with E-state index in [1.807, 2.05) is 48.8 Å². The highest BCUT2D eigenvalue weighted by Gasteiger charge is 2.34. The van der Waals surface area contributed by atoms with Gasteiger partial charge in [-0.05, 0) is 45.7 Å². The number of rotatable bonds is 5. The Balaban J connectivity index is 1.88. The van der Waals surface area contributed by atoms with Gasteiger partial charge in [0.2, 0.25) is 5.91 Å². The molecule has 2 aromatic rings. The number of likely N-dealkylation sites (tertiary alicyclic amines) is 1. The van der Waals surface area contributed by atoms with Crippen LogP contribution in [0.25, 0.3) is 0 Å². The second-order valence-corrected chi connectivity index (χ2v) is 7.86. The highest BCUT2D eigenvalue weighted by Crippen LogP contribution is 2.30. The van der Waals surface area contributed by atoms with E-state index in [9.17, 15) is 4.79 Å². The van der Waals surface area contributed by atoms with Gasteiger partial charge in [0, 0.05) is 37.9 Å². The summed E-state index contributed by atoms with van der Waals surface area (Å²) in [4.78, 5) is 17.8. The molecule has 0 radical (unpaired) electrons. The van der Waals surface area contributed by atoms with Crippen LogP contribution < -0.4 is 0 Å². The molecule has 5 heteroatoms.